The van der Waals surface area contributed by atoms with Crippen LogP contribution in [0.2, 0.25) is 0 Å². The Labute approximate surface area is 156 Å². The van der Waals surface area contributed by atoms with Crippen molar-refractivity contribution in [3.63, 3.8) is 0 Å². The van der Waals surface area contributed by atoms with Gasteiger partial charge in [0.15, 0.2) is 0 Å². The number of aromatic amines is 1. The molecule has 0 saturated heterocycles. The fourth-order valence-corrected chi connectivity index (χ4v) is 3.33. The number of rotatable bonds is 5. The number of esters is 1. The highest BCUT2D eigenvalue weighted by Gasteiger charge is 2.16. The SMILES string of the molecule is COC(=O)c1cccc(Cc2c(-c3ccoc3)[nH]c3cc(OC)ccc23)c1. The van der Waals surface area contributed by atoms with Gasteiger partial charge in [-0.05, 0) is 41.5 Å². The van der Waals surface area contributed by atoms with Crippen LogP contribution in [-0.2, 0) is 11.2 Å². The third-order valence-electron chi connectivity index (χ3n) is 4.65. The number of hydrogen-bond acceptors (Lipinski definition) is 4. The van der Waals surface area contributed by atoms with E-state index in [4.69, 9.17) is 13.9 Å². The molecule has 2 heterocycles. The molecule has 5 nitrogen and oxygen atoms in total. The van der Waals surface area contributed by atoms with Gasteiger partial charge in [0.05, 0.1) is 38.0 Å². The number of fused-ring (bicyclic) bond motifs is 1. The summed E-state index contributed by atoms with van der Waals surface area (Å²) in [5.74, 6) is 0.456. The largest absolute Gasteiger partial charge is 0.497 e. The molecule has 0 fully saturated rings. The summed E-state index contributed by atoms with van der Waals surface area (Å²) in [6, 6.07) is 15.4. The lowest BCUT2D eigenvalue weighted by atomic mass is 9.98. The van der Waals surface area contributed by atoms with Crippen LogP contribution in [0.1, 0.15) is 21.5 Å². The Bertz CT molecular complexity index is 1090. The maximum absolute atomic E-state index is 11.9. The third-order valence-corrected chi connectivity index (χ3v) is 4.65. The lowest BCUT2D eigenvalue weighted by Crippen LogP contribution is -2.02. The normalized spacial score (nSPS) is 10.9. The van der Waals surface area contributed by atoms with Crippen LogP contribution in [0.15, 0.2) is 65.5 Å². The van der Waals surface area contributed by atoms with Crippen LogP contribution in [0.3, 0.4) is 0 Å². The predicted octanol–water partition coefficient (Wildman–Crippen LogP) is 4.81. The van der Waals surface area contributed by atoms with Gasteiger partial charge in [0.1, 0.15) is 5.75 Å². The number of carbonyl (C=O) groups is 1. The van der Waals surface area contributed by atoms with Crippen LogP contribution in [-0.4, -0.2) is 25.2 Å². The molecule has 0 aliphatic heterocycles. The first kappa shape index (κ1) is 17.0. The highest BCUT2D eigenvalue weighted by Crippen LogP contribution is 2.34. The van der Waals surface area contributed by atoms with Gasteiger partial charge in [0, 0.05) is 29.0 Å². The Morgan fingerprint density at radius 3 is 2.74 bits per heavy atom. The van der Waals surface area contributed by atoms with E-state index in [0.29, 0.717) is 12.0 Å². The maximum atomic E-state index is 11.9. The Morgan fingerprint density at radius 2 is 2.00 bits per heavy atom. The number of ether oxygens (including phenoxy) is 2. The molecule has 0 spiro atoms. The van der Waals surface area contributed by atoms with Crippen molar-refractivity contribution < 1.29 is 18.7 Å². The first-order valence-electron chi connectivity index (χ1n) is 8.58. The summed E-state index contributed by atoms with van der Waals surface area (Å²) >= 11 is 0. The lowest BCUT2D eigenvalue weighted by Gasteiger charge is -2.06. The van der Waals surface area contributed by atoms with Crippen molar-refractivity contribution in [3.8, 4) is 17.0 Å². The molecule has 4 rings (SSSR count). The number of aromatic nitrogens is 1. The first-order chi connectivity index (χ1) is 13.2. The zero-order chi connectivity index (χ0) is 18.8. The standard InChI is InChI=1S/C22H19NO4/c1-25-17-6-7-18-19(11-14-4-3-5-15(10-14)22(24)26-2)21(23-20(18)12-17)16-8-9-27-13-16/h3-10,12-13,23H,11H2,1-2H3. The van der Waals surface area contributed by atoms with E-state index in [2.05, 4.69) is 4.98 Å². The molecule has 136 valence electrons. The summed E-state index contributed by atoms with van der Waals surface area (Å²) < 4.78 is 15.5. The van der Waals surface area contributed by atoms with E-state index in [1.165, 1.54) is 7.11 Å². The summed E-state index contributed by atoms with van der Waals surface area (Å²) in [5, 5.41) is 1.11. The molecule has 1 N–H and O–H groups in total. The molecule has 5 heteroatoms. The van der Waals surface area contributed by atoms with Gasteiger partial charge in [0.25, 0.3) is 0 Å². The molecule has 0 unspecified atom stereocenters. The highest BCUT2D eigenvalue weighted by molar-refractivity contribution is 5.92. The summed E-state index contributed by atoms with van der Waals surface area (Å²) in [7, 11) is 3.04. The third kappa shape index (κ3) is 3.19. The van der Waals surface area contributed by atoms with Gasteiger partial charge in [-0.15, -0.1) is 0 Å². The summed E-state index contributed by atoms with van der Waals surface area (Å²) in [5.41, 5.74) is 5.67. The van der Waals surface area contributed by atoms with Crippen molar-refractivity contribution in [2.75, 3.05) is 14.2 Å². The molecule has 0 atom stereocenters. The Balaban J connectivity index is 1.82. The van der Waals surface area contributed by atoms with Gasteiger partial charge in [0.2, 0.25) is 0 Å². The predicted molar refractivity (Wildman–Crippen MR) is 103 cm³/mol. The Kier molecular flexibility index (Phi) is 4.42. The minimum Gasteiger partial charge on any atom is -0.497 e. The number of methoxy groups -OCH3 is 2. The molecule has 0 bridgehead atoms. The van der Waals surface area contributed by atoms with Crippen LogP contribution in [0.4, 0.5) is 0 Å². The number of hydrogen-bond donors (Lipinski definition) is 1. The van der Waals surface area contributed by atoms with Gasteiger partial charge >= 0.3 is 5.97 Å². The molecule has 0 amide bonds. The van der Waals surface area contributed by atoms with Crippen LogP contribution >= 0.6 is 0 Å². The van der Waals surface area contributed by atoms with E-state index in [1.807, 2.05) is 42.5 Å². The topological polar surface area (TPSA) is 64.5 Å². The highest BCUT2D eigenvalue weighted by atomic mass is 16.5. The van der Waals surface area contributed by atoms with Gasteiger partial charge in [-0.1, -0.05) is 12.1 Å². The van der Waals surface area contributed by atoms with Crippen molar-refractivity contribution in [2.24, 2.45) is 0 Å². The molecule has 2 aromatic heterocycles. The molecular formula is C22H19NO4. The number of nitrogens with one attached hydrogen (secondary N) is 1. The second kappa shape index (κ2) is 7.03. The van der Waals surface area contributed by atoms with Crippen LogP contribution in [0.5, 0.6) is 5.75 Å². The summed E-state index contributed by atoms with van der Waals surface area (Å²) in [6.45, 7) is 0. The minimum atomic E-state index is -0.337. The number of furan rings is 1. The molecule has 0 saturated carbocycles. The zero-order valence-electron chi connectivity index (χ0n) is 15.1. The maximum Gasteiger partial charge on any atom is 0.337 e. The zero-order valence-corrected chi connectivity index (χ0v) is 15.1. The number of benzene rings is 2. The van der Waals surface area contributed by atoms with Gasteiger partial charge in [-0.3, -0.25) is 0 Å². The quantitative estimate of drug-likeness (QED) is 0.518. The van der Waals surface area contributed by atoms with Crippen molar-refractivity contribution in [2.45, 2.75) is 6.42 Å². The van der Waals surface area contributed by atoms with E-state index in [0.717, 1.165) is 39.0 Å². The van der Waals surface area contributed by atoms with Crippen molar-refractivity contribution in [3.05, 3.63) is 77.7 Å². The molecule has 27 heavy (non-hydrogen) atoms. The van der Waals surface area contributed by atoms with E-state index < -0.39 is 0 Å². The van der Waals surface area contributed by atoms with Crippen LogP contribution < -0.4 is 4.74 Å². The Morgan fingerprint density at radius 1 is 1.11 bits per heavy atom. The Hall–Kier alpha value is -3.47. The van der Waals surface area contributed by atoms with E-state index in [1.54, 1.807) is 25.7 Å². The van der Waals surface area contributed by atoms with Crippen molar-refractivity contribution >= 4 is 16.9 Å². The fraction of sp³-hybridized carbons (Fsp3) is 0.136. The molecular weight excluding hydrogens is 342 g/mol. The second-order valence-electron chi connectivity index (χ2n) is 6.27. The van der Waals surface area contributed by atoms with Crippen molar-refractivity contribution in [1.29, 1.82) is 0 Å². The fourth-order valence-electron chi connectivity index (χ4n) is 3.33. The monoisotopic (exact) mass is 361 g/mol. The average Bonchev–Trinajstić information content (AvgIpc) is 3.35. The number of carbonyl (C=O) groups excluding carboxylic acids is 1. The summed E-state index contributed by atoms with van der Waals surface area (Å²) in [6.07, 6.45) is 4.04. The lowest BCUT2D eigenvalue weighted by molar-refractivity contribution is 0.0600. The number of H-pyrrole nitrogens is 1. The molecule has 0 aliphatic carbocycles. The van der Waals surface area contributed by atoms with Gasteiger partial charge in [-0.25, -0.2) is 4.79 Å². The second-order valence-corrected chi connectivity index (χ2v) is 6.27. The average molecular weight is 361 g/mol. The van der Waals surface area contributed by atoms with E-state index >= 15 is 0 Å². The first-order valence-corrected chi connectivity index (χ1v) is 8.58. The van der Waals surface area contributed by atoms with Gasteiger partial charge in [-0.2, -0.15) is 0 Å². The molecule has 4 aromatic rings. The smallest absolute Gasteiger partial charge is 0.337 e. The van der Waals surface area contributed by atoms with E-state index in [9.17, 15) is 4.79 Å². The van der Waals surface area contributed by atoms with E-state index in [-0.39, 0.29) is 5.97 Å². The van der Waals surface area contributed by atoms with Gasteiger partial charge < -0.3 is 18.9 Å². The minimum absolute atomic E-state index is 0.337. The molecule has 0 aliphatic rings. The summed E-state index contributed by atoms with van der Waals surface area (Å²) in [4.78, 5) is 15.3. The van der Waals surface area contributed by atoms with Crippen LogP contribution in [0, 0.1) is 0 Å². The van der Waals surface area contributed by atoms with Crippen molar-refractivity contribution in [1.82, 2.24) is 4.98 Å². The molecule has 2 aromatic carbocycles. The molecule has 0 radical (unpaired) electrons. The van der Waals surface area contributed by atoms with Crippen LogP contribution in [0.25, 0.3) is 22.2 Å².